The van der Waals surface area contributed by atoms with Crippen molar-refractivity contribution in [2.45, 2.75) is 11.9 Å². The molecule has 0 aliphatic heterocycles. The molecule has 3 N–H and O–H groups in total. The molecule has 0 amide bonds. The summed E-state index contributed by atoms with van der Waals surface area (Å²) in [4.78, 5) is 4.18. The van der Waals surface area contributed by atoms with Crippen molar-refractivity contribution in [2.75, 3.05) is 24.7 Å². The van der Waals surface area contributed by atoms with Gasteiger partial charge in [-0.3, -0.25) is 0 Å². The van der Waals surface area contributed by atoms with E-state index in [4.69, 9.17) is 10.2 Å². The Morgan fingerprint density at radius 2 is 2.40 bits per heavy atom. The minimum Gasteiger partial charge on any atom is -0.394 e. The molecule has 1 heterocycles. The lowest BCUT2D eigenvalue weighted by molar-refractivity contribution is 0.113. The van der Waals surface area contributed by atoms with Crippen LogP contribution < -0.4 is 5.32 Å². The van der Waals surface area contributed by atoms with Crippen molar-refractivity contribution in [3.05, 3.63) is 23.9 Å². The van der Waals surface area contributed by atoms with Crippen LogP contribution in [0.25, 0.3) is 0 Å². The average Bonchev–Trinajstić information content (AvgIpc) is 2.29. The van der Waals surface area contributed by atoms with Crippen molar-refractivity contribution in [3.8, 4) is 0 Å². The molecule has 0 bridgehead atoms. The van der Waals surface area contributed by atoms with Crippen LogP contribution in [0.15, 0.2) is 18.3 Å². The normalized spacial score (nSPS) is 12.5. The third-order valence-corrected chi connectivity index (χ3v) is 3.04. The molecule has 0 aliphatic carbocycles. The second-order valence-corrected chi connectivity index (χ2v) is 4.14. The van der Waals surface area contributed by atoms with Gasteiger partial charge in [-0.05, 0) is 6.07 Å². The van der Waals surface area contributed by atoms with Crippen LogP contribution in [0, 0.1) is 0 Å². The van der Waals surface area contributed by atoms with Crippen molar-refractivity contribution in [2.24, 2.45) is 0 Å². The van der Waals surface area contributed by atoms with Gasteiger partial charge in [0.2, 0.25) is 0 Å². The number of hydrogen-bond donors (Lipinski definition) is 3. The molecule has 4 nitrogen and oxygen atoms in total. The minimum atomic E-state index is -0.635. The third kappa shape index (κ3) is 4.07. The zero-order valence-electron chi connectivity index (χ0n) is 8.68. The van der Waals surface area contributed by atoms with Crippen LogP contribution in [-0.4, -0.2) is 40.7 Å². The molecule has 84 valence electrons. The molecule has 0 saturated carbocycles. The van der Waals surface area contributed by atoms with E-state index in [-0.39, 0.29) is 6.61 Å². The number of pyridine rings is 1. The second kappa shape index (κ2) is 6.66. The molecule has 0 aliphatic rings. The Morgan fingerprint density at radius 1 is 1.60 bits per heavy atom. The Bertz CT molecular complexity index is 297. The van der Waals surface area contributed by atoms with Crippen LogP contribution in [0.4, 0.5) is 5.82 Å². The maximum atomic E-state index is 9.16. The standard InChI is InChI=1S/C10H16N2O2S/c1-11-10-8(3-2-4-12-10)6-15-7-9(14)5-13/h2-4,9,13-14H,5-7H2,1H3,(H,11,12). The summed E-state index contributed by atoms with van der Waals surface area (Å²) in [6, 6.07) is 3.89. The summed E-state index contributed by atoms with van der Waals surface area (Å²) in [5.74, 6) is 2.18. The number of nitrogens with one attached hydrogen (secondary N) is 1. The summed E-state index contributed by atoms with van der Waals surface area (Å²) in [5, 5.41) is 20.8. The van der Waals surface area contributed by atoms with Crippen molar-refractivity contribution >= 4 is 17.6 Å². The van der Waals surface area contributed by atoms with Crippen molar-refractivity contribution in [3.63, 3.8) is 0 Å². The van der Waals surface area contributed by atoms with Crippen LogP contribution in [0.2, 0.25) is 0 Å². The fourth-order valence-electron chi connectivity index (χ4n) is 1.14. The first-order chi connectivity index (χ1) is 7.27. The Balaban J connectivity index is 2.43. The first kappa shape index (κ1) is 12.3. The molecule has 1 unspecified atom stereocenters. The van der Waals surface area contributed by atoms with Gasteiger partial charge in [0.15, 0.2) is 0 Å². The smallest absolute Gasteiger partial charge is 0.129 e. The summed E-state index contributed by atoms with van der Waals surface area (Å²) < 4.78 is 0. The van der Waals surface area contributed by atoms with E-state index in [9.17, 15) is 0 Å². The Morgan fingerprint density at radius 3 is 3.07 bits per heavy atom. The Kier molecular flexibility index (Phi) is 5.45. The molecule has 1 aromatic heterocycles. The molecular formula is C10H16N2O2S. The minimum absolute atomic E-state index is 0.182. The van der Waals surface area contributed by atoms with Crippen molar-refractivity contribution in [1.82, 2.24) is 4.98 Å². The SMILES string of the molecule is CNc1ncccc1CSCC(O)CO. The van der Waals surface area contributed by atoms with Gasteiger partial charge in [0.25, 0.3) is 0 Å². The Labute approximate surface area is 93.7 Å². The highest BCUT2D eigenvalue weighted by Crippen LogP contribution is 2.18. The number of aliphatic hydroxyl groups is 2. The first-order valence-corrected chi connectivity index (χ1v) is 5.91. The predicted octanol–water partition coefficient (Wildman–Crippen LogP) is 0.710. The maximum absolute atomic E-state index is 9.16. The lowest BCUT2D eigenvalue weighted by atomic mass is 10.3. The highest BCUT2D eigenvalue weighted by molar-refractivity contribution is 7.98. The van der Waals surface area contributed by atoms with Gasteiger partial charge in [-0.15, -0.1) is 0 Å². The predicted molar refractivity (Wildman–Crippen MR) is 63.0 cm³/mol. The van der Waals surface area contributed by atoms with E-state index in [1.807, 2.05) is 19.2 Å². The largest absolute Gasteiger partial charge is 0.394 e. The number of rotatable bonds is 6. The van der Waals surface area contributed by atoms with Crippen molar-refractivity contribution in [1.29, 1.82) is 0 Å². The number of aliphatic hydroxyl groups excluding tert-OH is 2. The van der Waals surface area contributed by atoms with Crippen molar-refractivity contribution < 1.29 is 10.2 Å². The van der Waals surface area contributed by atoms with Gasteiger partial charge in [0.05, 0.1) is 12.7 Å². The molecule has 0 spiro atoms. The number of nitrogens with zero attached hydrogens (tertiary/aromatic N) is 1. The molecule has 1 rings (SSSR count). The number of hydrogen-bond acceptors (Lipinski definition) is 5. The van der Waals surface area contributed by atoms with Gasteiger partial charge in [0.1, 0.15) is 5.82 Å². The highest BCUT2D eigenvalue weighted by atomic mass is 32.2. The zero-order valence-corrected chi connectivity index (χ0v) is 9.50. The lowest BCUT2D eigenvalue weighted by Crippen LogP contribution is -2.14. The second-order valence-electron chi connectivity index (χ2n) is 3.11. The van der Waals surface area contributed by atoms with E-state index in [2.05, 4.69) is 10.3 Å². The Hall–Kier alpha value is -0.780. The van der Waals surface area contributed by atoms with Gasteiger partial charge in [0, 0.05) is 30.3 Å². The monoisotopic (exact) mass is 228 g/mol. The zero-order chi connectivity index (χ0) is 11.1. The fraction of sp³-hybridized carbons (Fsp3) is 0.500. The van der Waals surface area contributed by atoms with E-state index in [1.165, 1.54) is 0 Å². The van der Waals surface area contributed by atoms with Crippen LogP contribution in [0.3, 0.4) is 0 Å². The third-order valence-electron chi connectivity index (χ3n) is 1.91. The molecule has 1 atom stereocenters. The summed E-state index contributed by atoms with van der Waals surface area (Å²) in [7, 11) is 1.83. The quantitative estimate of drug-likeness (QED) is 0.669. The molecule has 0 fully saturated rings. The van der Waals surface area contributed by atoms with E-state index in [0.717, 1.165) is 17.1 Å². The van der Waals surface area contributed by atoms with Crippen LogP contribution in [0.1, 0.15) is 5.56 Å². The van der Waals surface area contributed by atoms with Gasteiger partial charge >= 0.3 is 0 Å². The van der Waals surface area contributed by atoms with E-state index in [0.29, 0.717) is 5.75 Å². The van der Waals surface area contributed by atoms with E-state index < -0.39 is 6.10 Å². The molecule has 0 saturated heterocycles. The molecule has 1 aromatic rings. The highest BCUT2D eigenvalue weighted by Gasteiger charge is 2.04. The molecule has 15 heavy (non-hydrogen) atoms. The number of anilines is 1. The summed E-state index contributed by atoms with van der Waals surface area (Å²) in [5.41, 5.74) is 1.11. The van der Waals surface area contributed by atoms with Gasteiger partial charge in [-0.25, -0.2) is 4.98 Å². The summed E-state index contributed by atoms with van der Waals surface area (Å²) >= 11 is 1.58. The number of thioether (sulfide) groups is 1. The topological polar surface area (TPSA) is 65.4 Å². The summed E-state index contributed by atoms with van der Waals surface area (Å²) in [6.07, 6.45) is 1.10. The lowest BCUT2D eigenvalue weighted by Gasteiger charge is -2.09. The van der Waals surface area contributed by atoms with E-state index in [1.54, 1.807) is 18.0 Å². The number of aromatic nitrogens is 1. The van der Waals surface area contributed by atoms with Crippen LogP contribution in [0.5, 0.6) is 0 Å². The molecule has 0 radical (unpaired) electrons. The first-order valence-electron chi connectivity index (χ1n) is 4.76. The van der Waals surface area contributed by atoms with E-state index >= 15 is 0 Å². The van der Waals surface area contributed by atoms with Crippen LogP contribution in [-0.2, 0) is 5.75 Å². The molecular weight excluding hydrogens is 212 g/mol. The summed E-state index contributed by atoms with van der Waals surface area (Å²) in [6.45, 7) is -0.182. The van der Waals surface area contributed by atoms with Gasteiger partial charge in [-0.1, -0.05) is 6.07 Å². The molecule has 0 aromatic carbocycles. The fourth-order valence-corrected chi connectivity index (χ4v) is 2.09. The van der Waals surface area contributed by atoms with Gasteiger partial charge < -0.3 is 15.5 Å². The van der Waals surface area contributed by atoms with Gasteiger partial charge in [-0.2, -0.15) is 11.8 Å². The average molecular weight is 228 g/mol. The molecule has 5 heteroatoms. The van der Waals surface area contributed by atoms with Crippen LogP contribution >= 0.6 is 11.8 Å². The maximum Gasteiger partial charge on any atom is 0.129 e.